The van der Waals surface area contributed by atoms with E-state index in [4.69, 9.17) is 4.74 Å². The third-order valence-electron chi connectivity index (χ3n) is 3.26. The zero-order chi connectivity index (χ0) is 14.6. The average molecular weight is 258 g/mol. The van der Waals surface area contributed by atoms with Gasteiger partial charge >= 0.3 is 5.97 Å². The van der Waals surface area contributed by atoms with Crippen molar-refractivity contribution in [2.24, 2.45) is 5.41 Å². The zero-order valence-corrected chi connectivity index (χ0v) is 13.6. The van der Waals surface area contributed by atoms with E-state index < -0.39 is 0 Å². The number of carbonyl (C=O) groups is 1. The Bertz CT molecular complexity index is 191. The van der Waals surface area contributed by atoms with E-state index in [0.29, 0.717) is 0 Å². The second-order valence-corrected chi connectivity index (χ2v) is 4.90. The molecule has 1 rings (SSSR count). The van der Waals surface area contributed by atoms with Gasteiger partial charge in [0.2, 0.25) is 0 Å². The SMILES string of the molecule is CC.CC.CCC(C)(C)C(=O)OC1CCCCC1. The van der Waals surface area contributed by atoms with Gasteiger partial charge in [0.05, 0.1) is 5.41 Å². The lowest BCUT2D eigenvalue weighted by atomic mass is 9.90. The van der Waals surface area contributed by atoms with Crippen molar-refractivity contribution < 1.29 is 9.53 Å². The molecular weight excluding hydrogens is 224 g/mol. The maximum absolute atomic E-state index is 11.7. The van der Waals surface area contributed by atoms with Gasteiger partial charge < -0.3 is 4.74 Å². The van der Waals surface area contributed by atoms with Crippen molar-refractivity contribution in [1.29, 1.82) is 0 Å². The maximum Gasteiger partial charge on any atom is 0.311 e. The van der Waals surface area contributed by atoms with E-state index >= 15 is 0 Å². The Morgan fingerprint density at radius 3 is 1.89 bits per heavy atom. The van der Waals surface area contributed by atoms with Crippen LogP contribution in [0.25, 0.3) is 0 Å². The van der Waals surface area contributed by atoms with Crippen LogP contribution in [0.1, 0.15) is 87.0 Å². The molecule has 0 aromatic heterocycles. The molecule has 0 atom stereocenters. The summed E-state index contributed by atoms with van der Waals surface area (Å²) in [6.07, 6.45) is 6.89. The van der Waals surface area contributed by atoms with Gasteiger partial charge in [0.1, 0.15) is 6.10 Å². The largest absolute Gasteiger partial charge is 0.462 e. The highest BCUT2D eigenvalue weighted by Gasteiger charge is 2.29. The fourth-order valence-electron chi connectivity index (χ4n) is 1.64. The molecule has 0 saturated heterocycles. The van der Waals surface area contributed by atoms with Crippen LogP contribution in [0, 0.1) is 5.41 Å². The molecule has 0 amide bonds. The summed E-state index contributed by atoms with van der Waals surface area (Å²) in [6.45, 7) is 13.9. The van der Waals surface area contributed by atoms with E-state index in [-0.39, 0.29) is 17.5 Å². The van der Waals surface area contributed by atoms with Crippen LogP contribution in [-0.4, -0.2) is 12.1 Å². The van der Waals surface area contributed by atoms with Gasteiger partial charge in [-0.2, -0.15) is 0 Å². The Balaban J connectivity index is 0. The summed E-state index contributed by atoms with van der Waals surface area (Å²) in [5, 5.41) is 0. The topological polar surface area (TPSA) is 26.3 Å². The number of hydrogen-bond acceptors (Lipinski definition) is 2. The first-order chi connectivity index (χ1) is 8.56. The lowest BCUT2D eigenvalue weighted by Crippen LogP contribution is -2.31. The van der Waals surface area contributed by atoms with Crippen LogP contribution in [0.3, 0.4) is 0 Å². The predicted molar refractivity (Wildman–Crippen MR) is 79.7 cm³/mol. The van der Waals surface area contributed by atoms with Crippen LogP contribution in [0.5, 0.6) is 0 Å². The highest BCUT2D eigenvalue weighted by Crippen LogP contribution is 2.26. The summed E-state index contributed by atoms with van der Waals surface area (Å²) >= 11 is 0. The second-order valence-electron chi connectivity index (χ2n) is 4.90. The molecule has 1 aliphatic carbocycles. The fourth-order valence-corrected chi connectivity index (χ4v) is 1.64. The van der Waals surface area contributed by atoms with Crippen molar-refractivity contribution in [1.82, 2.24) is 0 Å². The van der Waals surface area contributed by atoms with Crippen LogP contribution in [-0.2, 0) is 9.53 Å². The van der Waals surface area contributed by atoms with E-state index in [2.05, 4.69) is 0 Å². The normalized spacial score (nSPS) is 15.7. The highest BCUT2D eigenvalue weighted by molar-refractivity contribution is 5.75. The van der Waals surface area contributed by atoms with Gasteiger partial charge in [-0.3, -0.25) is 4.79 Å². The van der Waals surface area contributed by atoms with Crippen molar-refractivity contribution in [3.05, 3.63) is 0 Å². The average Bonchev–Trinajstić information content (AvgIpc) is 2.44. The van der Waals surface area contributed by atoms with E-state index in [0.717, 1.165) is 19.3 Å². The summed E-state index contributed by atoms with van der Waals surface area (Å²) in [5.74, 6) is -0.0214. The van der Waals surface area contributed by atoms with Crippen LogP contribution in [0.2, 0.25) is 0 Å². The molecule has 0 unspecified atom stereocenters. The monoisotopic (exact) mass is 258 g/mol. The number of esters is 1. The number of rotatable bonds is 3. The van der Waals surface area contributed by atoms with Gasteiger partial charge in [0, 0.05) is 0 Å². The molecule has 1 fully saturated rings. The van der Waals surface area contributed by atoms with Crippen LogP contribution in [0.15, 0.2) is 0 Å². The molecule has 0 heterocycles. The third kappa shape index (κ3) is 7.73. The van der Waals surface area contributed by atoms with E-state index in [1.807, 2.05) is 48.5 Å². The minimum Gasteiger partial charge on any atom is -0.462 e. The van der Waals surface area contributed by atoms with Crippen LogP contribution < -0.4 is 0 Å². The zero-order valence-electron chi connectivity index (χ0n) is 13.6. The number of carbonyl (C=O) groups excluding carboxylic acids is 1. The molecule has 0 aromatic carbocycles. The van der Waals surface area contributed by atoms with Gasteiger partial charge in [-0.05, 0) is 46.0 Å². The first kappa shape index (κ1) is 19.8. The fraction of sp³-hybridized carbons (Fsp3) is 0.938. The molecule has 0 N–H and O–H groups in total. The Morgan fingerprint density at radius 1 is 1.06 bits per heavy atom. The van der Waals surface area contributed by atoms with Crippen molar-refractivity contribution in [3.63, 3.8) is 0 Å². The Labute approximate surface area is 114 Å². The molecule has 110 valence electrons. The van der Waals surface area contributed by atoms with Crippen molar-refractivity contribution >= 4 is 5.97 Å². The molecule has 2 heteroatoms. The Kier molecular flexibility index (Phi) is 12.7. The molecule has 0 spiro atoms. The summed E-state index contributed by atoms with van der Waals surface area (Å²) in [5.41, 5.74) is -0.308. The van der Waals surface area contributed by atoms with E-state index in [1.54, 1.807) is 0 Å². The third-order valence-corrected chi connectivity index (χ3v) is 3.26. The maximum atomic E-state index is 11.7. The molecule has 2 nitrogen and oxygen atoms in total. The lowest BCUT2D eigenvalue weighted by Gasteiger charge is -2.27. The number of ether oxygens (including phenoxy) is 1. The van der Waals surface area contributed by atoms with Crippen molar-refractivity contribution in [2.75, 3.05) is 0 Å². The predicted octanol–water partition coefficient (Wildman–Crippen LogP) is 5.35. The van der Waals surface area contributed by atoms with E-state index in [9.17, 15) is 4.79 Å². The van der Waals surface area contributed by atoms with E-state index in [1.165, 1.54) is 19.3 Å². The molecular formula is C16H34O2. The molecule has 0 radical (unpaired) electrons. The first-order valence-corrected chi connectivity index (χ1v) is 7.77. The molecule has 0 aromatic rings. The minimum absolute atomic E-state index is 0.0214. The minimum atomic E-state index is -0.308. The van der Waals surface area contributed by atoms with Crippen LogP contribution in [0.4, 0.5) is 0 Å². The van der Waals surface area contributed by atoms with Gasteiger partial charge in [-0.25, -0.2) is 0 Å². The highest BCUT2D eigenvalue weighted by atomic mass is 16.5. The quantitative estimate of drug-likeness (QED) is 0.638. The van der Waals surface area contributed by atoms with Gasteiger partial charge in [-0.15, -0.1) is 0 Å². The molecule has 18 heavy (non-hydrogen) atoms. The van der Waals surface area contributed by atoms with Gasteiger partial charge in [0.15, 0.2) is 0 Å². The Hall–Kier alpha value is -0.530. The van der Waals surface area contributed by atoms with Gasteiger partial charge in [0.25, 0.3) is 0 Å². The summed E-state index contributed by atoms with van der Waals surface area (Å²) < 4.78 is 5.51. The molecule has 0 bridgehead atoms. The summed E-state index contributed by atoms with van der Waals surface area (Å²) in [4.78, 5) is 11.7. The van der Waals surface area contributed by atoms with Crippen molar-refractivity contribution in [3.8, 4) is 0 Å². The standard InChI is InChI=1S/C12H22O2.2C2H6/c1-4-12(2,3)11(13)14-10-8-6-5-7-9-10;2*1-2/h10H,4-9H2,1-3H3;2*1-2H3. The summed E-state index contributed by atoms with van der Waals surface area (Å²) in [7, 11) is 0. The summed E-state index contributed by atoms with van der Waals surface area (Å²) in [6, 6.07) is 0. The smallest absolute Gasteiger partial charge is 0.311 e. The molecule has 1 saturated carbocycles. The number of hydrogen-bond donors (Lipinski definition) is 0. The lowest BCUT2D eigenvalue weighted by molar-refractivity contribution is -0.161. The molecule has 1 aliphatic rings. The van der Waals surface area contributed by atoms with Gasteiger partial charge in [-0.1, -0.05) is 41.0 Å². The first-order valence-electron chi connectivity index (χ1n) is 7.77. The van der Waals surface area contributed by atoms with Crippen LogP contribution >= 0.6 is 0 Å². The Morgan fingerprint density at radius 2 is 1.50 bits per heavy atom. The second kappa shape index (κ2) is 11.6. The molecule has 0 aliphatic heterocycles. The van der Waals surface area contributed by atoms with Crippen molar-refractivity contribution in [2.45, 2.75) is 93.1 Å².